The minimum Gasteiger partial charge on any atom is -0.465 e. The van der Waals surface area contributed by atoms with Crippen molar-refractivity contribution in [3.63, 3.8) is 0 Å². The molecule has 0 bridgehead atoms. The third-order valence-electron chi connectivity index (χ3n) is 2.82. The van der Waals surface area contributed by atoms with Gasteiger partial charge in [-0.05, 0) is 13.3 Å². The summed E-state index contributed by atoms with van der Waals surface area (Å²) in [5.41, 5.74) is 0. The predicted octanol–water partition coefficient (Wildman–Crippen LogP) is 0.698. The number of rotatable bonds is 4. The highest BCUT2D eigenvalue weighted by molar-refractivity contribution is 5.79. The predicted molar refractivity (Wildman–Crippen MR) is 55.9 cm³/mol. The average molecular weight is 214 g/mol. The molecule has 1 amide bonds. The van der Waals surface area contributed by atoms with Gasteiger partial charge in [0.2, 0.25) is 0 Å². The lowest BCUT2D eigenvalue weighted by Gasteiger charge is -2.31. The molecule has 5 heteroatoms. The number of piperidine rings is 1. The normalized spacial score (nSPS) is 19.9. The third kappa shape index (κ3) is 4.29. The van der Waals surface area contributed by atoms with E-state index in [0.717, 1.165) is 19.5 Å². The molecule has 0 saturated carbocycles. The molecule has 0 aromatic carbocycles. The fourth-order valence-electron chi connectivity index (χ4n) is 1.78. The smallest absolute Gasteiger partial charge is 0.404 e. The summed E-state index contributed by atoms with van der Waals surface area (Å²) < 4.78 is 0. The second kappa shape index (κ2) is 5.70. The molecule has 0 aliphatic carbocycles. The fraction of sp³-hybridized carbons (Fsp3) is 0.800. The zero-order valence-corrected chi connectivity index (χ0v) is 9.03. The maximum Gasteiger partial charge on any atom is 0.404 e. The number of carbonyl (C=O) groups is 2. The van der Waals surface area contributed by atoms with Crippen LogP contribution in [0.5, 0.6) is 0 Å². The molecule has 1 aliphatic heterocycles. The summed E-state index contributed by atoms with van der Waals surface area (Å²) in [5.74, 6) is 0.335. The molecule has 2 N–H and O–H groups in total. The van der Waals surface area contributed by atoms with Crippen LogP contribution in [0.2, 0.25) is 0 Å². The number of carbonyl (C=O) groups excluding carboxylic acids is 1. The summed E-state index contributed by atoms with van der Waals surface area (Å²) in [6, 6.07) is 0.338. The van der Waals surface area contributed by atoms with Crippen molar-refractivity contribution >= 4 is 11.9 Å². The Morgan fingerprint density at radius 3 is 2.67 bits per heavy atom. The van der Waals surface area contributed by atoms with Crippen LogP contribution in [0.3, 0.4) is 0 Å². The van der Waals surface area contributed by atoms with E-state index >= 15 is 0 Å². The van der Waals surface area contributed by atoms with Crippen LogP contribution in [0.15, 0.2) is 0 Å². The summed E-state index contributed by atoms with van der Waals surface area (Å²) in [7, 11) is 0. The standard InChI is InChI=1S/C10H18N2O3/c1-8(2-5-11-10(14)15)12-6-3-9(13)4-7-12/h8,11H,2-7H2,1H3,(H,14,15)/t8-/m1/s1. The molecule has 15 heavy (non-hydrogen) atoms. The van der Waals surface area contributed by atoms with Gasteiger partial charge in [-0.1, -0.05) is 0 Å². The molecule has 1 saturated heterocycles. The lowest BCUT2D eigenvalue weighted by atomic mass is 10.1. The van der Waals surface area contributed by atoms with Crippen LogP contribution in [0.1, 0.15) is 26.2 Å². The molecule has 1 aliphatic rings. The second-order valence-electron chi connectivity index (χ2n) is 3.94. The van der Waals surface area contributed by atoms with Crippen molar-refractivity contribution in [3.05, 3.63) is 0 Å². The van der Waals surface area contributed by atoms with Crippen molar-refractivity contribution in [2.45, 2.75) is 32.2 Å². The number of Topliss-reactive ketones (excluding diaryl/α,β-unsaturated/α-hetero) is 1. The Morgan fingerprint density at radius 1 is 1.53 bits per heavy atom. The van der Waals surface area contributed by atoms with Crippen LogP contribution in [-0.2, 0) is 4.79 Å². The molecular formula is C10H18N2O3. The first-order valence-corrected chi connectivity index (χ1v) is 5.32. The number of carboxylic acid groups (broad SMARTS) is 1. The van der Waals surface area contributed by atoms with Crippen LogP contribution >= 0.6 is 0 Å². The summed E-state index contributed by atoms with van der Waals surface area (Å²) in [5, 5.41) is 10.7. The van der Waals surface area contributed by atoms with E-state index in [1.807, 2.05) is 0 Å². The van der Waals surface area contributed by atoms with Gasteiger partial charge in [0.1, 0.15) is 5.78 Å². The Balaban J connectivity index is 2.19. The fourth-order valence-corrected chi connectivity index (χ4v) is 1.78. The molecule has 0 radical (unpaired) electrons. The minimum absolute atomic E-state index is 0.335. The van der Waals surface area contributed by atoms with Gasteiger partial charge < -0.3 is 10.4 Å². The lowest BCUT2D eigenvalue weighted by Crippen LogP contribution is -2.41. The Bertz CT molecular complexity index is 233. The van der Waals surface area contributed by atoms with Gasteiger partial charge in [0.05, 0.1) is 0 Å². The van der Waals surface area contributed by atoms with E-state index in [2.05, 4.69) is 17.1 Å². The third-order valence-corrected chi connectivity index (χ3v) is 2.82. The van der Waals surface area contributed by atoms with Gasteiger partial charge in [0.25, 0.3) is 0 Å². The van der Waals surface area contributed by atoms with E-state index in [9.17, 15) is 9.59 Å². The van der Waals surface area contributed by atoms with Gasteiger partial charge in [-0.2, -0.15) is 0 Å². The molecule has 1 atom stereocenters. The monoisotopic (exact) mass is 214 g/mol. The molecular weight excluding hydrogens is 196 g/mol. The molecule has 1 fully saturated rings. The van der Waals surface area contributed by atoms with E-state index < -0.39 is 6.09 Å². The molecule has 1 heterocycles. The van der Waals surface area contributed by atoms with E-state index in [1.54, 1.807) is 0 Å². The van der Waals surface area contributed by atoms with Gasteiger partial charge in [-0.3, -0.25) is 9.69 Å². The summed E-state index contributed by atoms with van der Waals surface area (Å²) in [6.07, 6.45) is 1.09. The van der Waals surface area contributed by atoms with Crippen LogP contribution in [0.25, 0.3) is 0 Å². The van der Waals surface area contributed by atoms with Crippen LogP contribution in [-0.4, -0.2) is 47.6 Å². The quantitative estimate of drug-likeness (QED) is 0.722. The van der Waals surface area contributed by atoms with E-state index in [4.69, 9.17) is 5.11 Å². The summed E-state index contributed by atoms with van der Waals surface area (Å²) in [6.45, 7) is 4.17. The van der Waals surface area contributed by atoms with Crippen molar-refractivity contribution in [2.75, 3.05) is 19.6 Å². The molecule has 5 nitrogen and oxygen atoms in total. The highest BCUT2D eigenvalue weighted by Crippen LogP contribution is 2.11. The molecule has 0 aromatic heterocycles. The Labute approximate surface area is 89.4 Å². The average Bonchev–Trinajstić information content (AvgIpc) is 2.18. The van der Waals surface area contributed by atoms with Crippen molar-refractivity contribution < 1.29 is 14.7 Å². The Morgan fingerprint density at radius 2 is 2.13 bits per heavy atom. The molecule has 86 valence electrons. The SMILES string of the molecule is C[C@H](CCNC(=O)O)N1CCC(=O)CC1. The topological polar surface area (TPSA) is 69.6 Å². The maximum atomic E-state index is 11.0. The van der Waals surface area contributed by atoms with Crippen molar-refractivity contribution in [1.82, 2.24) is 10.2 Å². The van der Waals surface area contributed by atoms with Crippen LogP contribution in [0, 0.1) is 0 Å². The number of hydrogen-bond donors (Lipinski definition) is 2. The number of nitrogens with zero attached hydrogens (tertiary/aromatic N) is 1. The molecule has 1 rings (SSSR count). The largest absolute Gasteiger partial charge is 0.465 e. The van der Waals surface area contributed by atoms with Gasteiger partial charge in [-0.25, -0.2) is 4.79 Å². The van der Waals surface area contributed by atoms with Crippen molar-refractivity contribution in [1.29, 1.82) is 0 Å². The molecule has 0 unspecified atom stereocenters. The molecule has 0 spiro atoms. The van der Waals surface area contributed by atoms with Crippen LogP contribution in [0.4, 0.5) is 4.79 Å². The van der Waals surface area contributed by atoms with Crippen molar-refractivity contribution in [2.24, 2.45) is 0 Å². The number of likely N-dealkylation sites (tertiary alicyclic amines) is 1. The molecule has 0 aromatic rings. The van der Waals surface area contributed by atoms with Crippen molar-refractivity contribution in [3.8, 4) is 0 Å². The van der Waals surface area contributed by atoms with E-state index in [-0.39, 0.29) is 0 Å². The first-order valence-electron chi connectivity index (χ1n) is 5.32. The highest BCUT2D eigenvalue weighted by Gasteiger charge is 2.20. The summed E-state index contributed by atoms with van der Waals surface area (Å²) >= 11 is 0. The Hall–Kier alpha value is -1.10. The second-order valence-corrected chi connectivity index (χ2v) is 3.94. The highest BCUT2D eigenvalue weighted by atomic mass is 16.4. The minimum atomic E-state index is -0.976. The number of amides is 1. The lowest BCUT2D eigenvalue weighted by molar-refractivity contribution is -0.121. The number of ketones is 1. The number of hydrogen-bond acceptors (Lipinski definition) is 3. The van der Waals surface area contributed by atoms with E-state index in [1.165, 1.54) is 0 Å². The summed E-state index contributed by atoms with van der Waals surface area (Å²) in [4.78, 5) is 23.5. The zero-order valence-electron chi connectivity index (χ0n) is 9.03. The van der Waals surface area contributed by atoms with E-state index in [0.29, 0.717) is 31.2 Å². The maximum absolute atomic E-state index is 11.0. The van der Waals surface area contributed by atoms with Gasteiger partial charge in [0, 0.05) is 38.5 Å². The Kier molecular flexibility index (Phi) is 4.55. The van der Waals surface area contributed by atoms with Crippen LogP contribution < -0.4 is 5.32 Å². The van der Waals surface area contributed by atoms with Gasteiger partial charge in [0.15, 0.2) is 0 Å². The zero-order chi connectivity index (χ0) is 11.3. The number of nitrogens with one attached hydrogen (secondary N) is 1. The first kappa shape index (κ1) is 12.0. The van der Waals surface area contributed by atoms with Gasteiger partial charge >= 0.3 is 6.09 Å². The first-order chi connectivity index (χ1) is 7.09. The van der Waals surface area contributed by atoms with Gasteiger partial charge in [-0.15, -0.1) is 0 Å².